The summed E-state index contributed by atoms with van der Waals surface area (Å²) < 4.78 is 1.29. The summed E-state index contributed by atoms with van der Waals surface area (Å²) in [4.78, 5) is 14.7. The SMILES string of the molecule is CN(Cc1csc2ccccc12)C(=O)C1C2CCC(C2)C1N.Cl. The van der Waals surface area contributed by atoms with Crippen LogP contribution in [0.25, 0.3) is 10.1 Å². The van der Waals surface area contributed by atoms with E-state index < -0.39 is 0 Å². The Morgan fingerprint density at radius 1 is 1.30 bits per heavy atom. The number of rotatable bonds is 3. The lowest BCUT2D eigenvalue weighted by molar-refractivity contribution is -0.136. The molecule has 2 aliphatic carbocycles. The molecule has 2 aromatic rings. The Hall–Kier alpha value is -1.10. The summed E-state index contributed by atoms with van der Waals surface area (Å²) in [5.41, 5.74) is 7.57. The number of carbonyl (C=O) groups is 1. The number of halogens is 1. The summed E-state index contributed by atoms with van der Waals surface area (Å²) in [6, 6.07) is 8.48. The Morgan fingerprint density at radius 2 is 2.04 bits per heavy atom. The zero-order valence-corrected chi connectivity index (χ0v) is 14.9. The summed E-state index contributed by atoms with van der Waals surface area (Å²) >= 11 is 1.75. The number of thiophene rings is 1. The Labute approximate surface area is 147 Å². The standard InChI is InChI=1S/C18H22N2OS.ClH/c1-20(9-13-10-22-15-5-3-2-4-14(13)15)18(21)16-11-6-7-12(8-11)17(16)19;/h2-5,10-12,16-17H,6-9,19H2,1H3;1H. The zero-order valence-electron chi connectivity index (χ0n) is 13.3. The predicted octanol–water partition coefficient (Wildman–Crippen LogP) is 3.65. The maximum atomic E-state index is 12.9. The Balaban J connectivity index is 0.00000156. The van der Waals surface area contributed by atoms with E-state index in [2.05, 4.69) is 29.6 Å². The highest BCUT2D eigenvalue weighted by Gasteiger charge is 2.49. The minimum atomic E-state index is 0. The minimum Gasteiger partial charge on any atom is -0.341 e. The predicted molar refractivity (Wildman–Crippen MR) is 97.8 cm³/mol. The van der Waals surface area contributed by atoms with Crippen LogP contribution in [0.2, 0.25) is 0 Å². The van der Waals surface area contributed by atoms with Gasteiger partial charge in [-0.3, -0.25) is 4.79 Å². The summed E-state index contributed by atoms with van der Waals surface area (Å²) in [5, 5.41) is 3.44. The molecule has 4 rings (SSSR count). The van der Waals surface area contributed by atoms with Gasteiger partial charge >= 0.3 is 0 Å². The molecule has 23 heavy (non-hydrogen) atoms. The van der Waals surface area contributed by atoms with Crippen LogP contribution in [-0.4, -0.2) is 23.9 Å². The Bertz CT molecular complexity index is 714. The minimum absolute atomic E-state index is 0. The zero-order chi connectivity index (χ0) is 15.3. The van der Waals surface area contributed by atoms with Crippen molar-refractivity contribution in [3.63, 3.8) is 0 Å². The van der Waals surface area contributed by atoms with Gasteiger partial charge in [0, 0.05) is 24.3 Å². The van der Waals surface area contributed by atoms with E-state index in [9.17, 15) is 4.79 Å². The second-order valence-corrected chi connectivity index (χ2v) is 7.80. The first-order valence-corrected chi connectivity index (χ1v) is 8.99. The molecule has 2 saturated carbocycles. The van der Waals surface area contributed by atoms with Crippen LogP contribution in [0.1, 0.15) is 24.8 Å². The van der Waals surface area contributed by atoms with Gasteiger partial charge in [-0.1, -0.05) is 18.2 Å². The quantitative estimate of drug-likeness (QED) is 0.918. The molecule has 5 heteroatoms. The Morgan fingerprint density at radius 3 is 2.78 bits per heavy atom. The molecule has 2 fully saturated rings. The lowest BCUT2D eigenvalue weighted by Gasteiger charge is -2.30. The van der Waals surface area contributed by atoms with Crippen molar-refractivity contribution < 1.29 is 4.79 Å². The van der Waals surface area contributed by atoms with Gasteiger partial charge in [0.1, 0.15) is 0 Å². The monoisotopic (exact) mass is 350 g/mol. The van der Waals surface area contributed by atoms with E-state index in [1.807, 2.05) is 11.9 Å². The molecule has 2 N–H and O–H groups in total. The molecule has 1 heterocycles. The molecule has 4 unspecified atom stereocenters. The molecule has 0 spiro atoms. The van der Waals surface area contributed by atoms with Gasteiger partial charge < -0.3 is 10.6 Å². The molecule has 2 bridgehead atoms. The topological polar surface area (TPSA) is 46.3 Å². The van der Waals surface area contributed by atoms with Crippen molar-refractivity contribution in [2.45, 2.75) is 31.8 Å². The average Bonchev–Trinajstić information content (AvgIpc) is 3.22. The van der Waals surface area contributed by atoms with Crippen molar-refractivity contribution >= 4 is 39.7 Å². The van der Waals surface area contributed by atoms with Crippen LogP contribution >= 0.6 is 23.7 Å². The molecule has 124 valence electrons. The highest BCUT2D eigenvalue weighted by Crippen LogP contribution is 2.48. The highest BCUT2D eigenvalue weighted by atomic mass is 35.5. The molecular formula is C18H23ClN2OS. The summed E-state index contributed by atoms with van der Waals surface area (Å²) in [7, 11) is 1.92. The number of fused-ring (bicyclic) bond motifs is 3. The van der Waals surface area contributed by atoms with Crippen LogP contribution < -0.4 is 5.73 Å². The number of hydrogen-bond acceptors (Lipinski definition) is 3. The lowest BCUT2D eigenvalue weighted by Crippen LogP contribution is -2.45. The smallest absolute Gasteiger partial charge is 0.227 e. The summed E-state index contributed by atoms with van der Waals surface area (Å²) in [5.74, 6) is 1.40. The van der Waals surface area contributed by atoms with Crippen LogP contribution in [0.3, 0.4) is 0 Å². The fourth-order valence-corrected chi connectivity index (χ4v) is 5.40. The third kappa shape index (κ3) is 2.77. The fourth-order valence-electron chi connectivity index (χ4n) is 4.45. The Kier molecular flexibility index (Phi) is 4.68. The van der Waals surface area contributed by atoms with Gasteiger partial charge in [0.05, 0.1) is 5.92 Å². The molecular weight excluding hydrogens is 328 g/mol. The van der Waals surface area contributed by atoms with Crippen molar-refractivity contribution in [1.82, 2.24) is 4.90 Å². The number of carbonyl (C=O) groups excluding carboxylic acids is 1. The third-order valence-electron chi connectivity index (χ3n) is 5.61. The third-order valence-corrected chi connectivity index (χ3v) is 6.62. The van der Waals surface area contributed by atoms with Crippen LogP contribution in [0.15, 0.2) is 29.6 Å². The van der Waals surface area contributed by atoms with E-state index in [0.29, 0.717) is 18.4 Å². The van der Waals surface area contributed by atoms with Crippen LogP contribution in [0.5, 0.6) is 0 Å². The van der Waals surface area contributed by atoms with Crippen molar-refractivity contribution in [3.8, 4) is 0 Å². The van der Waals surface area contributed by atoms with Crippen molar-refractivity contribution in [2.24, 2.45) is 23.5 Å². The molecule has 1 amide bonds. The lowest BCUT2D eigenvalue weighted by atomic mass is 9.84. The number of nitrogens with zero attached hydrogens (tertiary/aromatic N) is 1. The van der Waals surface area contributed by atoms with E-state index >= 15 is 0 Å². The number of amides is 1. The molecule has 2 aliphatic rings. The van der Waals surface area contributed by atoms with Crippen molar-refractivity contribution in [2.75, 3.05) is 7.05 Å². The molecule has 3 nitrogen and oxygen atoms in total. The van der Waals surface area contributed by atoms with Gasteiger partial charge in [-0.25, -0.2) is 0 Å². The van der Waals surface area contributed by atoms with E-state index in [1.54, 1.807) is 11.3 Å². The first-order valence-electron chi connectivity index (χ1n) is 8.11. The maximum absolute atomic E-state index is 12.9. The average molecular weight is 351 g/mol. The normalized spacial score (nSPS) is 28.8. The van der Waals surface area contributed by atoms with E-state index in [-0.39, 0.29) is 30.3 Å². The molecule has 4 atom stereocenters. The van der Waals surface area contributed by atoms with Crippen molar-refractivity contribution in [3.05, 3.63) is 35.2 Å². The number of hydrogen-bond donors (Lipinski definition) is 1. The summed E-state index contributed by atoms with van der Waals surface area (Å²) in [6.45, 7) is 0.684. The second-order valence-electron chi connectivity index (χ2n) is 6.89. The van der Waals surface area contributed by atoms with Gasteiger partial charge in [0.25, 0.3) is 0 Å². The first kappa shape index (κ1) is 16.7. The van der Waals surface area contributed by atoms with Gasteiger partial charge in [-0.2, -0.15) is 0 Å². The van der Waals surface area contributed by atoms with Crippen LogP contribution in [-0.2, 0) is 11.3 Å². The van der Waals surface area contributed by atoms with E-state index in [1.165, 1.54) is 28.5 Å². The molecule has 1 aromatic heterocycles. The summed E-state index contributed by atoms with van der Waals surface area (Å²) in [6.07, 6.45) is 3.56. The molecule has 0 radical (unpaired) electrons. The maximum Gasteiger partial charge on any atom is 0.227 e. The van der Waals surface area contributed by atoms with Gasteiger partial charge in [-0.05, 0) is 53.5 Å². The van der Waals surface area contributed by atoms with Gasteiger partial charge in [0.2, 0.25) is 5.91 Å². The van der Waals surface area contributed by atoms with Gasteiger partial charge in [0.15, 0.2) is 0 Å². The second kappa shape index (κ2) is 6.42. The molecule has 0 aliphatic heterocycles. The fraction of sp³-hybridized carbons (Fsp3) is 0.500. The number of nitrogens with two attached hydrogens (primary N) is 1. The highest BCUT2D eigenvalue weighted by molar-refractivity contribution is 7.17. The number of benzene rings is 1. The first-order chi connectivity index (χ1) is 10.6. The van der Waals surface area contributed by atoms with Crippen LogP contribution in [0, 0.1) is 17.8 Å². The van der Waals surface area contributed by atoms with E-state index in [0.717, 1.165) is 6.42 Å². The van der Waals surface area contributed by atoms with Crippen LogP contribution in [0.4, 0.5) is 0 Å². The van der Waals surface area contributed by atoms with Crippen molar-refractivity contribution in [1.29, 1.82) is 0 Å². The van der Waals surface area contributed by atoms with Gasteiger partial charge in [-0.15, -0.1) is 23.7 Å². The molecule has 0 saturated heterocycles. The molecule has 1 aromatic carbocycles. The largest absolute Gasteiger partial charge is 0.341 e. The van der Waals surface area contributed by atoms with E-state index in [4.69, 9.17) is 5.73 Å².